The van der Waals surface area contributed by atoms with Crippen LogP contribution >= 0.6 is 11.6 Å². The highest BCUT2D eigenvalue weighted by Crippen LogP contribution is 2.07. The maximum absolute atomic E-state index is 5.73. The lowest BCUT2D eigenvalue weighted by molar-refractivity contribution is 0.883. The molecule has 0 amide bonds. The minimum absolute atomic E-state index is 0.429. The van der Waals surface area contributed by atoms with E-state index in [1.54, 1.807) is 29.2 Å². The van der Waals surface area contributed by atoms with Crippen molar-refractivity contribution in [1.29, 1.82) is 0 Å². The summed E-state index contributed by atoms with van der Waals surface area (Å²) in [5.41, 5.74) is 0. The first-order chi connectivity index (χ1) is 6.27. The fraction of sp³-hybridized carbons (Fsp3) is 0.125. The van der Waals surface area contributed by atoms with Gasteiger partial charge in [-0.05, 0) is 13.0 Å². The summed E-state index contributed by atoms with van der Waals surface area (Å²) in [6.07, 6.45) is 5.10. The van der Waals surface area contributed by atoms with Crippen molar-refractivity contribution in [2.75, 3.05) is 0 Å². The van der Waals surface area contributed by atoms with Crippen LogP contribution in [-0.4, -0.2) is 19.5 Å². The largest absolute Gasteiger partial charge is 0.272 e. The minimum atomic E-state index is 0.429. The van der Waals surface area contributed by atoms with Crippen molar-refractivity contribution in [1.82, 2.24) is 19.5 Å². The number of rotatable bonds is 1. The molecule has 0 saturated carbocycles. The first kappa shape index (κ1) is 8.19. The third-order valence-corrected chi connectivity index (χ3v) is 1.86. The van der Waals surface area contributed by atoms with E-state index in [1.165, 1.54) is 0 Å². The Morgan fingerprint density at radius 2 is 2.15 bits per heavy atom. The summed E-state index contributed by atoms with van der Waals surface area (Å²) in [7, 11) is 0. The highest BCUT2D eigenvalue weighted by molar-refractivity contribution is 6.29. The van der Waals surface area contributed by atoms with Gasteiger partial charge in [-0.3, -0.25) is 4.57 Å². The number of aryl methyl sites for hydroxylation is 1. The molecule has 0 spiro atoms. The van der Waals surface area contributed by atoms with Gasteiger partial charge >= 0.3 is 0 Å². The Morgan fingerprint density at radius 3 is 2.77 bits per heavy atom. The number of hydrogen-bond donors (Lipinski definition) is 0. The van der Waals surface area contributed by atoms with E-state index in [1.807, 2.05) is 6.92 Å². The van der Waals surface area contributed by atoms with Gasteiger partial charge < -0.3 is 0 Å². The highest BCUT2D eigenvalue weighted by atomic mass is 35.5. The second-order valence-corrected chi connectivity index (χ2v) is 2.91. The zero-order valence-electron chi connectivity index (χ0n) is 6.98. The molecular weight excluding hydrogens is 188 g/mol. The van der Waals surface area contributed by atoms with Gasteiger partial charge in [0.25, 0.3) is 0 Å². The summed E-state index contributed by atoms with van der Waals surface area (Å²) in [5, 5.41) is 0.429. The molecule has 0 saturated heterocycles. The lowest BCUT2D eigenvalue weighted by Gasteiger charge is -2.01. The van der Waals surface area contributed by atoms with Crippen LogP contribution in [0.1, 0.15) is 5.82 Å². The lowest BCUT2D eigenvalue weighted by Crippen LogP contribution is -2.01. The maximum atomic E-state index is 5.73. The number of aromatic nitrogens is 4. The Balaban J connectivity index is 2.53. The van der Waals surface area contributed by atoms with Crippen LogP contribution in [-0.2, 0) is 0 Å². The molecule has 0 unspecified atom stereocenters. The third-order valence-electron chi connectivity index (χ3n) is 1.65. The Morgan fingerprint density at radius 1 is 1.31 bits per heavy atom. The zero-order valence-corrected chi connectivity index (χ0v) is 7.73. The molecule has 0 bridgehead atoms. The van der Waals surface area contributed by atoms with E-state index in [2.05, 4.69) is 15.0 Å². The van der Waals surface area contributed by atoms with E-state index < -0.39 is 0 Å². The Kier molecular flexibility index (Phi) is 1.98. The van der Waals surface area contributed by atoms with Crippen LogP contribution < -0.4 is 0 Å². The molecule has 2 aromatic rings. The Hall–Kier alpha value is -1.42. The SMILES string of the molecule is Cc1nccn1-c1nccc(Cl)n1. The average molecular weight is 195 g/mol. The van der Waals surface area contributed by atoms with Gasteiger partial charge in [0.15, 0.2) is 0 Å². The number of nitrogens with zero attached hydrogens (tertiary/aromatic N) is 4. The number of imidazole rings is 1. The first-order valence-electron chi connectivity index (χ1n) is 3.76. The summed E-state index contributed by atoms with van der Waals surface area (Å²) in [4.78, 5) is 12.2. The van der Waals surface area contributed by atoms with Crippen LogP contribution in [0, 0.1) is 6.92 Å². The fourth-order valence-electron chi connectivity index (χ4n) is 1.03. The minimum Gasteiger partial charge on any atom is -0.272 e. The van der Waals surface area contributed by atoms with Crippen molar-refractivity contribution in [3.63, 3.8) is 0 Å². The highest BCUT2D eigenvalue weighted by Gasteiger charge is 2.02. The van der Waals surface area contributed by atoms with Gasteiger partial charge in [-0.25, -0.2) is 15.0 Å². The van der Waals surface area contributed by atoms with Crippen molar-refractivity contribution >= 4 is 11.6 Å². The summed E-state index contributed by atoms with van der Waals surface area (Å²) >= 11 is 5.73. The van der Waals surface area contributed by atoms with Gasteiger partial charge in [0.2, 0.25) is 5.95 Å². The van der Waals surface area contributed by atoms with Crippen molar-refractivity contribution in [2.45, 2.75) is 6.92 Å². The van der Waals surface area contributed by atoms with E-state index in [4.69, 9.17) is 11.6 Å². The molecule has 66 valence electrons. The van der Waals surface area contributed by atoms with E-state index >= 15 is 0 Å². The van der Waals surface area contributed by atoms with Crippen molar-refractivity contribution in [2.24, 2.45) is 0 Å². The van der Waals surface area contributed by atoms with Gasteiger partial charge in [-0.2, -0.15) is 0 Å². The van der Waals surface area contributed by atoms with Crippen LogP contribution in [0.5, 0.6) is 0 Å². The van der Waals surface area contributed by atoms with Crippen molar-refractivity contribution in [3.8, 4) is 5.95 Å². The molecule has 0 aliphatic carbocycles. The Labute approximate surface area is 80.2 Å². The summed E-state index contributed by atoms with van der Waals surface area (Å²) < 4.78 is 1.77. The predicted octanol–water partition coefficient (Wildman–Crippen LogP) is 1.62. The fourth-order valence-corrected chi connectivity index (χ4v) is 1.16. The molecule has 2 rings (SSSR count). The van der Waals surface area contributed by atoms with E-state index in [-0.39, 0.29) is 0 Å². The molecule has 2 heterocycles. The molecule has 0 N–H and O–H groups in total. The molecular formula is C8H7ClN4. The molecule has 5 heteroatoms. The molecule has 13 heavy (non-hydrogen) atoms. The zero-order chi connectivity index (χ0) is 9.26. The second-order valence-electron chi connectivity index (χ2n) is 2.52. The van der Waals surface area contributed by atoms with E-state index in [0.717, 1.165) is 5.82 Å². The smallest absolute Gasteiger partial charge is 0.236 e. The molecule has 0 aliphatic rings. The van der Waals surface area contributed by atoms with Gasteiger partial charge in [-0.15, -0.1) is 0 Å². The molecule has 0 aliphatic heterocycles. The van der Waals surface area contributed by atoms with Gasteiger partial charge in [0, 0.05) is 18.6 Å². The molecule has 0 aromatic carbocycles. The summed E-state index contributed by atoms with van der Waals surface area (Å²) in [5.74, 6) is 1.38. The van der Waals surface area contributed by atoms with E-state index in [9.17, 15) is 0 Å². The summed E-state index contributed by atoms with van der Waals surface area (Å²) in [6, 6.07) is 1.64. The second kappa shape index (κ2) is 3.14. The monoisotopic (exact) mass is 194 g/mol. The number of hydrogen-bond acceptors (Lipinski definition) is 3. The van der Waals surface area contributed by atoms with Crippen molar-refractivity contribution in [3.05, 3.63) is 35.6 Å². The van der Waals surface area contributed by atoms with Crippen LogP contribution in [0.3, 0.4) is 0 Å². The van der Waals surface area contributed by atoms with Crippen LogP contribution in [0.15, 0.2) is 24.7 Å². The molecule has 2 aromatic heterocycles. The van der Waals surface area contributed by atoms with Gasteiger partial charge in [-0.1, -0.05) is 11.6 Å². The molecule has 0 atom stereocenters. The topological polar surface area (TPSA) is 43.6 Å². The van der Waals surface area contributed by atoms with Crippen LogP contribution in [0.25, 0.3) is 5.95 Å². The van der Waals surface area contributed by atoms with Gasteiger partial charge in [0.1, 0.15) is 11.0 Å². The molecule has 0 radical (unpaired) electrons. The molecule has 0 fully saturated rings. The van der Waals surface area contributed by atoms with Crippen LogP contribution in [0.4, 0.5) is 0 Å². The maximum Gasteiger partial charge on any atom is 0.236 e. The standard InChI is InChI=1S/C8H7ClN4/c1-6-10-4-5-13(6)8-11-3-2-7(9)12-8/h2-5H,1H3. The average Bonchev–Trinajstić information content (AvgIpc) is 2.51. The molecule has 4 nitrogen and oxygen atoms in total. The van der Waals surface area contributed by atoms with Crippen molar-refractivity contribution < 1.29 is 0 Å². The Bertz CT molecular complexity index is 424. The van der Waals surface area contributed by atoms with E-state index in [0.29, 0.717) is 11.1 Å². The third kappa shape index (κ3) is 1.53. The first-order valence-corrected chi connectivity index (χ1v) is 4.14. The quantitative estimate of drug-likeness (QED) is 0.648. The predicted molar refractivity (Wildman–Crippen MR) is 48.9 cm³/mol. The van der Waals surface area contributed by atoms with Crippen LogP contribution in [0.2, 0.25) is 5.15 Å². The number of halogens is 1. The van der Waals surface area contributed by atoms with Gasteiger partial charge in [0.05, 0.1) is 0 Å². The normalized spacial score (nSPS) is 10.3. The lowest BCUT2D eigenvalue weighted by atomic mass is 10.6. The summed E-state index contributed by atoms with van der Waals surface area (Å²) in [6.45, 7) is 1.88.